The van der Waals surface area contributed by atoms with Gasteiger partial charge in [0.25, 0.3) is 0 Å². The van der Waals surface area contributed by atoms with Crippen LogP contribution in [-0.4, -0.2) is 17.9 Å². The summed E-state index contributed by atoms with van der Waals surface area (Å²) in [4.78, 5) is 11.7. The first-order valence-corrected chi connectivity index (χ1v) is 7.19. The first kappa shape index (κ1) is 15.8. The van der Waals surface area contributed by atoms with E-state index < -0.39 is 0 Å². The van der Waals surface area contributed by atoms with E-state index in [9.17, 15) is 4.79 Å². The molecule has 0 fully saturated rings. The largest absolute Gasteiger partial charge is 0.491 e. The number of carbonyl (C=O) groups is 1. The Morgan fingerprint density at radius 3 is 2.68 bits per heavy atom. The number of hydrogen-bond acceptors (Lipinski definition) is 2. The fraction of sp³-hybridized carbons (Fsp3) is 0.533. The number of ether oxygens (including phenoxy) is 1. The maximum absolute atomic E-state index is 11.7. The van der Waals surface area contributed by atoms with Gasteiger partial charge >= 0.3 is 0 Å². The lowest BCUT2D eigenvalue weighted by Gasteiger charge is -2.13. The summed E-state index contributed by atoms with van der Waals surface area (Å²) in [5.74, 6) is 1.46. The second kappa shape index (κ2) is 8.05. The molecule has 106 valence electrons. The zero-order valence-electron chi connectivity index (χ0n) is 11.8. The molecule has 0 aromatic heterocycles. The van der Waals surface area contributed by atoms with Crippen molar-refractivity contribution in [2.45, 2.75) is 46.1 Å². The SMILES string of the molecule is Cc1cc(OC(C)C)ccc1NC(=O)CCCCCl. The van der Waals surface area contributed by atoms with Gasteiger partial charge in [-0.1, -0.05) is 0 Å². The van der Waals surface area contributed by atoms with E-state index in [2.05, 4.69) is 5.32 Å². The summed E-state index contributed by atoms with van der Waals surface area (Å²) in [5.41, 5.74) is 1.84. The monoisotopic (exact) mass is 283 g/mol. The maximum atomic E-state index is 11.7. The van der Waals surface area contributed by atoms with Crippen molar-refractivity contribution in [3.8, 4) is 5.75 Å². The highest BCUT2D eigenvalue weighted by molar-refractivity contribution is 6.17. The second-order valence-electron chi connectivity index (χ2n) is 4.84. The number of carbonyl (C=O) groups excluding carboxylic acids is 1. The molecule has 19 heavy (non-hydrogen) atoms. The van der Waals surface area contributed by atoms with Crippen LogP contribution >= 0.6 is 11.6 Å². The van der Waals surface area contributed by atoms with Crippen LogP contribution in [0.2, 0.25) is 0 Å². The molecule has 0 saturated heterocycles. The number of alkyl halides is 1. The van der Waals surface area contributed by atoms with Crippen LogP contribution in [0.4, 0.5) is 5.69 Å². The van der Waals surface area contributed by atoms with Gasteiger partial charge in [0.05, 0.1) is 6.10 Å². The summed E-state index contributed by atoms with van der Waals surface area (Å²) in [6, 6.07) is 5.70. The molecule has 0 unspecified atom stereocenters. The number of amides is 1. The second-order valence-corrected chi connectivity index (χ2v) is 5.22. The van der Waals surface area contributed by atoms with Crippen LogP contribution < -0.4 is 10.1 Å². The molecule has 1 rings (SSSR count). The molecular formula is C15H22ClNO2. The zero-order valence-corrected chi connectivity index (χ0v) is 12.6. The quantitative estimate of drug-likeness (QED) is 0.603. The lowest BCUT2D eigenvalue weighted by molar-refractivity contribution is -0.116. The molecule has 1 aromatic rings. The average Bonchev–Trinajstić information content (AvgIpc) is 2.32. The molecule has 0 heterocycles. The number of anilines is 1. The van der Waals surface area contributed by atoms with Gasteiger partial charge in [-0.05, 0) is 57.4 Å². The van der Waals surface area contributed by atoms with Gasteiger partial charge in [-0.15, -0.1) is 11.6 Å². The van der Waals surface area contributed by atoms with Crippen LogP contribution in [-0.2, 0) is 4.79 Å². The smallest absolute Gasteiger partial charge is 0.224 e. The van der Waals surface area contributed by atoms with E-state index in [0.29, 0.717) is 12.3 Å². The van der Waals surface area contributed by atoms with Crippen LogP contribution in [0.5, 0.6) is 5.75 Å². The van der Waals surface area contributed by atoms with Crippen molar-refractivity contribution in [2.75, 3.05) is 11.2 Å². The van der Waals surface area contributed by atoms with Crippen LogP contribution in [0, 0.1) is 6.92 Å². The van der Waals surface area contributed by atoms with Crippen LogP contribution in [0.3, 0.4) is 0 Å². The third-order valence-corrected chi connectivity index (χ3v) is 2.90. The van der Waals surface area contributed by atoms with Crippen LogP contribution in [0.25, 0.3) is 0 Å². The Morgan fingerprint density at radius 1 is 1.37 bits per heavy atom. The predicted octanol–water partition coefficient (Wildman–Crippen LogP) is 4.13. The van der Waals surface area contributed by atoms with E-state index in [1.807, 2.05) is 39.0 Å². The van der Waals surface area contributed by atoms with Gasteiger partial charge < -0.3 is 10.1 Å². The highest BCUT2D eigenvalue weighted by Crippen LogP contribution is 2.22. The first-order chi connectivity index (χ1) is 9.02. The molecule has 1 amide bonds. The summed E-state index contributed by atoms with van der Waals surface area (Å²) < 4.78 is 5.61. The summed E-state index contributed by atoms with van der Waals surface area (Å²) in [6.07, 6.45) is 2.35. The molecular weight excluding hydrogens is 262 g/mol. The van der Waals surface area contributed by atoms with Gasteiger partial charge in [0.1, 0.15) is 5.75 Å². The van der Waals surface area contributed by atoms with Crippen LogP contribution in [0.15, 0.2) is 18.2 Å². The minimum absolute atomic E-state index is 0.0331. The Kier molecular flexibility index (Phi) is 6.71. The van der Waals surface area contributed by atoms with Gasteiger partial charge in [0.2, 0.25) is 5.91 Å². The number of unbranched alkanes of at least 4 members (excludes halogenated alkanes) is 1. The summed E-state index contributed by atoms with van der Waals surface area (Å²) in [7, 11) is 0. The molecule has 4 heteroatoms. The Hall–Kier alpha value is -1.22. The van der Waals surface area contributed by atoms with Gasteiger partial charge in [-0.2, -0.15) is 0 Å². The van der Waals surface area contributed by atoms with Gasteiger partial charge in [0.15, 0.2) is 0 Å². The van der Waals surface area contributed by atoms with Crippen molar-refractivity contribution in [3.05, 3.63) is 23.8 Å². The predicted molar refractivity (Wildman–Crippen MR) is 80.1 cm³/mol. The third kappa shape index (κ3) is 5.97. The minimum Gasteiger partial charge on any atom is -0.491 e. The molecule has 1 aromatic carbocycles. The summed E-state index contributed by atoms with van der Waals surface area (Å²) in [6.45, 7) is 5.94. The molecule has 0 aliphatic rings. The van der Waals surface area contributed by atoms with Crippen molar-refractivity contribution >= 4 is 23.2 Å². The van der Waals surface area contributed by atoms with E-state index in [0.717, 1.165) is 29.8 Å². The topological polar surface area (TPSA) is 38.3 Å². The number of rotatable bonds is 7. The van der Waals surface area contributed by atoms with E-state index >= 15 is 0 Å². The molecule has 0 spiro atoms. The highest BCUT2D eigenvalue weighted by atomic mass is 35.5. The molecule has 0 atom stereocenters. The van der Waals surface area contributed by atoms with E-state index in [4.69, 9.17) is 16.3 Å². The van der Waals surface area contributed by atoms with Crippen molar-refractivity contribution in [1.82, 2.24) is 0 Å². The Balaban J connectivity index is 2.57. The lowest BCUT2D eigenvalue weighted by Crippen LogP contribution is -2.12. The molecule has 1 N–H and O–H groups in total. The molecule has 0 saturated carbocycles. The van der Waals surface area contributed by atoms with Crippen molar-refractivity contribution in [1.29, 1.82) is 0 Å². The zero-order chi connectivity index (χ0) is 14.3. The van der Waals surface area contributed by atoms with Crippen molar-refractivity contribution in [3.63, 3.8) is 0 Å². The number of halogens is 1. The molecule has 0 bridgehead atoms. The summed E-state index contributed by atoms with van der Waals surface area (Å²) in [5, 5.41) is 2.91. The number of benzene rings is 1. The lowest BCUT2D eigenvalue weighted by atomic mass is 10.1. The maximum Gasteiger partial charge on any atom is 0.224 e. The molecule has 3 nitrogen and oxygen atoms in total. The Labute approximate surface area is 120 Å². The van der Waals surface area contributed by atoms with E-state index in [1.165, 1.54) is 0 Å². The Bertz CT molecular complexity index is 419. The average molecular weight is 284 g/mol. The van der Waals surface area contributed by atoms with Crippen molar-refractivity contribution < 1.29 is 9.53 Å². The fourth-order valence-electron chi connectivity index (χ4n) is 1.71. The van der Waals surface area contributed by atoms with Gasteiger partial charge in [0, 0.05) is 18.0 Å². The first-order valence-electron chi connectivity index (χ1n) is 6.66. The van der Waals surface area contributed by atoms with Crippen molar-refractivity contribution in [2.24, 2.45) is 0 Å². The Morgan fingerprint density at radius 2 is 2.11 bits per heavy atom. The minimum atomic E-state index is 0.0331. The number of hydrogen-bond donors (Lipinski definition) is 1. The fourth-order valence-corrected chi connectivity index (χ4v) is 1.90. The van der Waals surface area contributed by atoms with E-state index in [1.54, 1.807) is 0 Å². The normalized spacial score (nSPS) is 10.6. The number of nitrogens with one attached hydrogen (secondary N) is 1. The molecule has 0 radical (unpaired) electrons. The standard InChI is InChI=1S/C15H22ClNO2/c1-11(2)19-13-7-8-14(12(3)10-13)17-15(18)6-4-5-9-16/h7-8,10-11H,4-6,9H2,1-3H3,(H,17,18). The highest BCUT2D eigenvalue weighted by Gasteiger charge is 2.06. The van der Waals surface area contributed by atoms with Gasteiger partial charge in [-0.3, -0.25) is 4.79 Å². The van der Waals surface area contributed by atoms with Crippen LogP contribution in [0.1, 0.15) is 38.7 Å². The van der Waals surface area contributed by atoms with E-state index in [-0.39, 0.29) is 12.0 Å². The third-order valence-electron chi connectivity index (χ3n) is 2.63. The van der Waals surface area contributed by atoms with Gasteiger partial charge in [-0.25, -0.2) is 0 Å². The molecule has 0 aliphatic heterocycles. The molecule has 0 aliphatic carbocycles. The number of aryl methyl sites for hydroxylation is 1. The summed E-state index contributed by atoms with van der Waals surface area (Å²) >= 11 is 5.58.